The van der Waals surface area contributed by atoms with Gasteiger partial charge in [-0.15, -0.1) is 0 Å². The van der Waals surface area contributed by atoms with Crippen molar-refractivity contribution in [2.75, 3.05) is 44.6 Å². The number of hydrogen-bond acceptors (Lipinski definition) is 4. The fourth-order valence-corrected chi connectivity index (χ4v) is 4.13. The van der Waals surface area contributed by atoms with E-state index in [1.165, 1.54) is 12.0 Å². The molecule has 0 radical (unpaired) electrons. The van der Waals surface area contributed by atoms with E-state index < -0.39 is 0 Å². The van der Waals surface area contributed by atoms with Gasteiger partial charge in [-0.2, -0.15) is 0 Å². The first-order valence-corrected chi connectivity index (χ1v) is 10.0. The predicted molar refractivity (Wildman–Crippen MR) is 110 cm³/mol. The van der Waals surface area contributed by atoms with Gasteiger partial charge in [0.05, 0.1) is 0 Å². The van der Waals surface area contributed by atoms with Crippen molar-refractivity contribution in [1.29, 1.82) is 0 Å². The number of phenols is 1. The van der Waals surface area contributed by atoms with Crippen molar-refractivity contribution in [2.24, 2.45) is 0 Å². The van der Waals surface area contributed by atoms with E-state index in [1.54, 1.807) is 24.3 Å². The van der Waals surface area contributed by atoms with Crippen LogP contribution < -0.4 is 5.32 Å². The van der Waals surface area contributed by atoms with Crippen molar-refractivity contribution in [1.82, 2.24) is 14.7 Å². The summed E-state index contributed by atoms with van der Waals surface area (Å²) in [6.07, 6.45) is 1.20. The van der Waals surface area contributed by atoms with E-state index in [4.69, 9.17) is 0 Å². The monoisotopic (exact) mass is 380 g/mol. The minimum Gasteiger partial charge on any atom is -0.508 e. The lowest BCUT2D eigenvalue weighted by Gasteiger charge is -2.38. The van der Waals surface area contributed by atoms with Crippen LogP contribution in [-0.2, 0) is 6.54 Å². The third kappa shape index (κ3) is 4.64. The number of aromatic hydroxyl groups is 1. The van der Waals surface area contributed by atoms with E-state index in [-0.39, 0.29) is 11.8 Å². The maximum absolute atomic E-state index is 12.5. The Morgan fingerprint density at radius 1 is 0.964 bits per heavy atom. The smallest absolute Gasteiger partial charge is 0.321 e. The number of carbonyl (C=O) groups excluding carboxylic acids is 1. The topological polar surface area (TPSA) is 59.1 Å². The number of nitrogens with zero attached hydrogens (tertiary/aromatic N) is 3. The van der Waals surface area contributed by atoms with Gasteiger partial charge in [0.15, 0.2) is 0 Å². The molecule has 0 aromatic heterocycles. The zero-order valence-electron chi connectivity index (χ0n) is 16.1. The predicted octanol–water partition coefficient (Wildman–Crippen LogP) is 2.82. The molecule has 6 heteroatoms. The van der Waals surface area contributed by atoms with Crippen molar-refractivity contribution in [3.05, 3.63) is 60.2 Å². The van der Waals surface area contributed by atoms with Gasteiger partial charge >= 0.3 is 6.03 Å². The van der Waals surface area contributed by atoms with Crippen LogP contribution in [0.2, 0.25) is 0 Å². The molecule has 2 amide bonds. The zero-order chi connectivity index (χ0) is 19.3. The minimum absolute atomic E-state index is 0.0672. The van der Waals surface area contributed by atoms with Crippen molar-refractivity contribution in [3.8, 4) is 5.75 Å². The minimum atomic E-state index is -0.0672. The number of carbonyl (C=O) groups is 1. The molecular formula is C22H28N4O2. The molecule has 0 bridgehead atoms. The Kier molecular flexibility index (Phi) is 5.78. The number of phenolic OH excluding ortho intramolecular Hbond substituents is 1. The van der Waals surface area contributed by atoms with E-state index in [9.17, 15) is 9.90 Å². The van der Waals surface area contributed by atoms with Crippen LogP contribution >= 0.6 is 0 Å². The number of hydrogen-bond donors (Lipinski definition) is 2. The van der Waals surface area contributed by atoms with Crippen molar-refractivity contribution >= 4 is 11.7 Å². The van der Waals surface area contributed by atoms with Crippen LogP contribution in [0.15, 0.2) is 54.6 Å². The molecule has 1 atom stereocenters. The van der Waals surface area contributed by atoms with Gasteiger partial charge < -0.3 is 15.3 Å². The van der Waals surface area contributed by atoms with Crippen LogP contribution in [0.4, 0.5) is 10.5 Å². The summed E-state index contributed by atoms with van der Waals surface area (Å²) in [5, 5.41) is 12.2. The van der Waals surface area contributed by atoms with Crippen molar-refractivity contribution < 1.29 is 9.90 Å². The number of piperazine rings is 1. The van der Waals surface area contributed by atoms with E-state index in [0.29, 0.717) is 11.7 Å². The molecule has 2 saturated heterocycles. The lowest BCUT2D eigenvalue weighted by atomic mass is 10.2. The molecule has 2 aliphatic heterocycles. The fourth-order valence-electron chi connectivity index (χ4n) is 4.13. The summed E-state index contributed by atoms with van der Waals surface area (Å²) in [7, 11) is 0. The Morgan fingerprint density at radius 3 is 2.39 bits per heavy atom. The SMILES string of the molecule is O=C(Nc1ccc(O)cc1)N1CCN(C2CCN(Cc3ccccc3)C2)CC1. The van der Waals surface area contributed by atoms with Crippen LogP contribution in [0.5, 0.6) is 5.75 Å². The summed E-state index contributed by atoms with van der Waals surface area (Å²) in [5.74, 6) is 0.199. The van der Waals surface area contributed by atoms with Crippen LogP contribution in [0.25, 0.3) is 0 Å². The molecule has 28 heavy (non-hydrogen) atoms. The van der Waals surface area contributed by atoms with E-state index in [1.807, 2.05) is 4.90 Å². The maximum Gasteiger partial charge on any atom is 0.321 e. The van der Waals surface area contributed by atoms with Gasteiger partial charge in [0.25, 0.3) is 0 Å². The largest absolute Gasteiger partial charge is 0.508 e. The molecule has 2 heterocycles. The highest BCUT2D eigenvalue weighted by atomic mass is 16.3. The summed E-state index contributed by atoms with van der Waals surface area (Å²) in [4.78, 5) is 19.4. The Balaban J connectivity index is 1.23. The first kappa shape index (κ1) is 18.8. The molecule has 0 saturated carbocycles. The van der Waals surface area contributed by atoms with Gasteiger partial charge in [-0.3, -0.25) is 9.80 Å². The van der Waals surface area contributed by atoms with Crippen LogP contribution in [0, 0.1) is 0 Å². The van der Waals surface area contributed by atoms with Crippen LogP contribution in [0.1, 0.15) is 12.0 Å². The molecule has 1 unspecified atom stereocenters. The van der Waals surface area contributed by atoms with Crippen molar-refractivity contribution in [3.63, 3.8) is 0 Å². The third-order valence-corrected chi connectivity index (χ3v) is 5.73. The Labute approximate surface area is 166 Å². The Morgan fingerprint density at radius 2 is 1.68 bits per heavy atom. The van der Waals surface area contributed by atoms with Crippen LogP contribution in [0.3, 0.4) is 0 Å². The van der Waals surface area contributed by atoms with Gasteiger partial charge in [-0.05, 0) is 36.2 Å². The Hall–Kier alpha value is -2.57. The number of benzene rings is 2. The van der Waals surface area contributed by atoms with Gasteiger partial charge in [-0.1, -0.05) is 30.3 Å². The Bertz CT molecular complexity index is 773. The molecule has 0 aliphatic carbocycles. The molecule has 2 fully saturated rings. The number of anilines is 1. The summed E-state index contributed by atoms with van der Waals surface area (Å²) in [5.41, 5.74) is 2.08. The van der Waals surface area contributed by atoms with Gasteiger partial charge in [0.2, 0.25) is 0 Å². The first-order valence-electron chi connectivity index (χ1n) is 10.0. The summed E-state index contributed by atoms with van der Waals surface area (Å²) >= 11 is 0. The quantitative estimate of drug-likeness (QED) is 0.801. The van der Waals surface area contributed by atoms with Gasteiger partial charge in [0, 0.05) is 57.5 Å². The second kappa shape index (κ2) is 8.63. The molecule has 2 aromatic rings. The molecule has 0 spiro atoms. The molecule has 2 aliphatic rings. The molecular weight excluding hydrogens is 352 g/mol. The average Bonchev–Trinajstić information content (AvgIpc) is 3.19. The number of urea groups is 1. The van der Waals surface area contributed by atoms with Crippen LogP contribution in [-0.4, -0.2) is 71.1 Å². The summed E-state index contributed by atoms with van der Waals surface area (Å²) < 4.78 is 0. The highest BCUT2D eigenvalue weighted by molar-refractivity contribution is 5.89. The van der Waals surface area contributed by atoms with E-state index >= 15 is 0 Å². The lowest BCUT2D eigenvalue weighted by Crippen LogP contribution is -2.53. The normalized spacial score (nSPS) is 21.0. The van der Waals surface area contributed by atoms with E-state index in [2.05, 4.69) is 45.4 Å². The summed E-state index contributed by atoms with van der Waals surface area (Å²) in [6, 6.07) is 17.8. The number of nitrogens with one attached hydrogen (secondary N) is 1. The number of rotatable bonds is 4. The maximum atomic E-state index is 12.5. The molecule has 148 valence electrons. The number of amides is 2. The van der Waals surface area contributed by atoms with Gasteiger partial charge in [-0.25, -0.2) is 4.79 Å². The summed E-state index contributed by atoms with van der Waals surface area (Å²) in [6.45, 7) is 6.61. The fraction of sp³-hybridized carbons (Fsp3) is 0.409. The second-order valence-electron chi connectivity index (χ2n) is 7.66. The average molecular weight is 380 g/mol. The van der Waals surface area contributed by atoms with Crippen molar-refractivity contribution in [2.45, 2.75) is 19.0 Å². The third-order valence-electron chi connectivity index (χ3n) is 5.73. The number of likely N-dealkylation sites (tertiary alicyclic amines) is 1. The zero-order valence-corrected chi connectivity index (χ0v) is 16.1. The molecule has 2 aromatic carbocycles. The standard InChI is InChI=1S/C22H28N4O2/c27-21-8-6-19(7-9-21)23-22(28)26-14-12-25(13-15-26)20-10-11-24(17-20)16-18-4-2-1-3-5-18/h1-9,20,27H,10-17H2,(H,23,28). The highest BCUT2D eigenvalue weighted by Gasteiger charge is 2.31. The highest BCUT2D eigenvalue weighted by Crippen LogP contribution is 2.20. The molecule has 6 nitrogen and oxygen atoms in total. The van der Waals surface area contributed by atoms with Gasteiger partial charge in [0.1, 0.15) is 5.75 Å². The first-order chi connectivity index (χ1) is 13.7. The second-order valence-corrected chi connectivity index (χ2v) is 7.66. The molecule has 4 rings (SSSR count). The van der Waals surface area contributed by atoms with E-state index in [0.717, 1.165) is 45.8 Å². The molecule has 2 N–H and O–H groups in total. The lowest BCUT2D eigenvalue weighted by molar-refractivity contribution is 0.114.